The Labute approximate surface area is 390 Å². The van der Waals surface area contributed by atoms with E-state index < -0.39 is 5.97 Å². The molecule has 2 heterocycles. The van der Waals surface area contributed by atoms with E-state index >= 15 is 0 Å². The van der Waals surface area contributed by atoms with E-state index in [1.165, 1.54) is 69.6 Å². The molecule has 0 spiro atoms. The zero-order valence-corrected chi connectivity index (χ0v) is 37.9. The van der Waals surface area contributed by atoms with Gasteiger partial charge in [-0.05, 0) is 92.0 Å². The molecule has 0 unspecified atom stereocenters. The van der Waals surface area contributed by atoms with Crippen molar-refractivity contribution in [1.82, 2.24) is 0 Å². The minimum atomic E-state index is -0.883. The van der Waals surface area contributed by atoms with Crippen molar-refractivity contribution < 1.29 is 9.90 Å². The summed E-state index contributed by atoms with van der Waals surface area (Å²) < 4.78 is 1.09. The number of aliphatic carboxylic acids is 1. The van der Waals surface area contributed by atoms with Crippen molar-refractivity contribution in [3.8, 4) is 86.3 Å². The number of rotatable bonds is 11. The van der Waals surface area contributed by atoms with Gasteiger partial charge in [-0.2, -0.15) is 0 Å². The van der Waals surface area contributed by atoms with E-state index in [4.69, 9.17) is 5.11 Å². The fraction of sp³-hybridized carbons (Fsp3) is 0.0172. The largest absolute Gasteiger partial charge is 0.480 e. The summed E-state index contributed by atoms with van der Waals surface area (Å²) in [6.07, 6.45) is 0. The number of carboxylic acids is 1. The van der Waals surface area contributed by atoms with Gasteiger partial charge in [0.25, 0.3) is 0 Å². The lowest BCUT2D eigenvalue weighted by atomic mass is 9.96. The molecule has 0 bridgehead atoms. The van der Waals surface area contributed by atoms with Gasteiger partial charge in [-0.15, -0.1) is 22.7 Å². The van der Waals surface area contributed by atoms with Gasteiger partial charge in [0.1, 0.15) is 6.54 Å². The Hall–Kier alpha value is -7.09. The third-order valence-corrected chi connectivity index (χ3v) is 13.8. The molecule has 0 aliphatic heterocycles. The molecule has 8 aromatic carbocycles. The van der Waals surface area contributed by atoms with Crippen LogP contribution in [0, 0.1) is 0 Å². The second-order valence-electron chi connectivity index (χ2n) is 15.1. The van der Waals surface area contributed by atoms with Gasteiger partial charge >= 0.3 is 5.97 Å². The van der Waals surface area contributed by atoms with Crippen molar-refractivity contribution in [3.05, 3.63) is 235 Å². The fourth-order valence-electron chi connectivity index (χ4n) is 7.82. The fourth-order valence-corrected chi connectivity index (χ4v) is 10.5. The van der Waals surface area contributed by atoms with Gasteiger partial charge < -0.3 is 10.4 Å². The summed E-state index contributed by atoms with van der Waals surface area (Å²) in [6, 6.07) is 80.5. The summed E-state index contributed by atoms with van der Waals surface area (Å²) >= 11 is 7.21. The first-order valence-corrected chi connectivity index (χ1v) is 23.4. The lowest BCUT2D eigenvalue weighted by Gasteiger charge is -2.11. The van der Waals surface area contributed by atoms with Crippen LogP contribution in [-0.2, 0) is 4.79 Å². The number of nitrogens with one attached hydrogen (secondary N) is 1. The summed E-state index contributed by atoms with van der Waals surface area (Å²) in [5.74, 6) is -0.883. The third-order valence-electron chi connectivity index (χ3n) is 10.9. The molecule has 0 aliphatic rings. The zero-order valence-electron chi connectivity index (χ0n) is 34.7. The summed E-state index contributed by atoms with van der Waals surface area (Å²) in [5.41, 5.74) is 15.3. The Morgan fingerprint density at radius 2 is 0.766 bits per heavy atom. The number of carboxylic acid groups (broad SMARTS) is 1. The average Bonchev–Trinajstić information content (AvgIpc) is 4.02. The Morgan fingerprint density at radius 1 is 0.391 bits per heavy atom. The van der Waals surface area contributed by atoms with Crippen molar-refractivity contribution in [2.24, 2.45) is 0 Å². The van der Waals surface area contributed by atoms with Gasteiger partial charge in [-0.25, -0.2) is 0 Å². The lowest BCUT2D eigenvalue weighted by molar-refractivity contribution is -0.134. The van der Waals surface area contributed by atoms with Crippen LogP contribution in [0.3, 0.4) is 0 Å². The van der Waals surface area contributed by atoms with Crippen LogP contribution < -0.4 is 5.32 Å². The van der Waals surface area contributed by atoms with Gasteiger partial charge in [0, 0.05) is 40.8 Å². The van der Waals surface area contributed by atoms with Crippen molar-refractivity contribution in [2.45, 2.75) is 0 Å². The van der Waals surface area contributed by atoms with Crippen LogP contribution >= 0.6 is 38.6 Å². The summed E-state index contributed by atoms with van der Waals surface area (Å²) in [7, 11) is 0. The quantitative estimate of drug-likeness (QED) is 0.136. The van der Waals surface area contributed by atoms with Gasteiger partial charge in [-0.1, -0.05) is 210 Å². The molecule has 2 aromatic heterocycles. The summed E-state index contributed by atoms with van der Waals surface area (Å²) in [4.78, 5) is 16.0. The molecular formula is C58H42BrNO2S2. The topological polar surface area (TPSA) is 49.3 Å². The van der Waals surface area contributed by atoms with E-state index in [0.717, 1.165) is 26.9 Å². The number of benzene rings is 8. The lowest BCUT2D eigenvalue weighted by Crippen LogP contribution is -2.12. The molecule has 310 valence electrons. The molecule has 0 saturated carbocycles. The molecule has 6 heteroatoms. The SMILES string of the molecule is Brc1ccc(-c2ccccc2-c2cc(-c3ccccc3)c(-c3ccccc3)s2)cc1.O=C(O)CNc1cccc(-c2ccccc2-c2cc(-c3ccccc3)c(-c3ccccc3)s2)c1. The summed E-state index contributed by atoms with van der Waals surface area (Å²) in [5, 5.41) is 12.0. The first-order chi connectivity index (χ1) is 31.5. The van der Waals surface area contributed by atoms with Gasteiger partial charge in [0.05, 0.1) is 0 Å². The highest BCUT2D eigenvalue weighted by Crippen LogP contribution is 2.47. The van der Waals surface area contributed by atoms with Crippen LogP contribution in [0.5, 0.6) is 0 Å². The highest BCUT2D eigenvalue weighted by molar-refractivity contribution is 9.10. The van der Waals surface area contributed by atoms with Crippen molar-refractivity contribution in [1.29, 1.82) is 0 Å². The molecule has 64 heavy (non-hydrogen) atoms. The first-order valence-electron chi connectivity index (χ1n) is 21.0. The molecular weight excluding hydrogens is 887 g/mol. The van der Waals surface area contributed by atoms with Crippen LogP contribution in [0.15, 0.2) is 235 Å². The van der Waals surface area contributed by atoms with E-state index in [0.29, 0.717) is 0 Å². The maximum absolute atomic E-state index is 11.0. The van der Waals surface area contributed by atoms with E-state index in [2.05, 4.69) is 215 Å². The Morgan fingerprint density at radius 3 is 1.22 bits per heavy atom. The molecule has 0 saturated heterocycles. The molecule has 2 N–H and O–H groups in total. The Bertz CT molecular complexity index is 3010. The van der Waals surface area contributed by atoms with Crippen LogP contribution in [0.25, 0.3) is 86.3 Å². The van der Waals surface area contributed by atoms with Crippen molar-refractivity contribution in [3.63, 3.8) is 0 Å². The first kappa shape index (κ1) is 42.2. The molecule has 0 fully saturated rings. The predicted octanol–water partition coefficient (Wildman–Crippen LogP) is 17.1. The highest BCUT2D eigenvalue weighted by Gasteiger charge is 2.18. The van der Waals surface area contributed by atoms with Crippen LogP contribution in [0.4, 0.5) is 5.69 Å². The van der Waals surface area contributed by atoms with Crippen LogP contribution in [-0.4, -0.2) is 17.6 Å². The number of halogens is 1. The molecule has 0 amide bonds. The molecule has 0 atom stereocenters. The number of hydrogen-bond acceptors (Lipinski definition) is 4. The van der Waals surface area contributed by atoms with Gasteiger partial charge in [0.15, 0.2) is 0 Å². The molecule has 10 rings (SSSR count). The molecule has 10 aromatic rings. The maximum Gasteiger partial charge on any atom is 0.322 e. The minimum Gasteiger partial charge on any atom is -0.480 e. The number of anilines is 1. The van der Waals surface area contributed by atoms with E-state index in [9.17, 15) is 4.79 Å². The zero-order chi connectivity index (χ0) is 43.7. The van der Waals surface area contributed by atoms with E-state index in [-0.39, 0.29) is 6.54 Å². The van der Waals surface area contributed by atoms with E-state index in [1.54, 1.807) is 11.3 Å². The van der Waals surface area contributed by atoms with Crippen molar-refractivity contribution >= 4 is 50.3 Å². The van der Waals surface area contributed by atoms with E-state index in [1.807, 2.05) is 47.7 Å². The molecule has 3 nitrogen and oxygen atoms in total. The van der Waals surface area contributed by atoms with Crippen LogP contribution in [0.2, 0.25) is 0 Å². The number of hydrogen-bond donors (Lipinski definition) is 2. The van der Waals surface area contributed by atoms with Crippen LogP contribution in [0.1, 0.15) is 0 Å². The standard InChI is InChI=1S/C30H23NO2S.C28H19BrS/c32-29(33)20-31-24-15-9-14-23(18-24)25-16-7-8-17-26(25)28-19-27(21-10-3-1-4-11-21)30(34-28)22-12-5-2-6-13-22;29-23-17-15-21(16-18-23)24-13-7-8-14-25(24)27-19-26(20-9-3-1-4-10-20)28(30-27)22-11-5-2-6-12-22/h1-19,31H,20H2,(H,32,33);1-19H. The Balaban J connectivity index is 0.000000163. The van der Waals surface area contributed by atoms with Gasteiger partial charge in [-0.3, -0.25) is 4.79 Å². The molecule has 0 radical (unpaired) electrons. The number of carbonyl (C=O) groups is 1. The second-order valence-corrected chi connectivity index (χ2v) is 18.1. The average molecular weight is 929 g/mol. The minimum absolute atomic E-state index is 0.114. The van der Waals surface area contributed by atoms with Crippen molar-refractivity contribution in [2.75, 3.05) is 11.9 Å². The Kier molecular flexibility index (Phi) is 13.2. The normalized spacial score (nSPS) is 10.8. The third kappa shape index (κ3) is 9.75. The highest BCUT2D eigenvalue weighted by atomic mass is 79.9. The number of thiophene rings is 2. The molecule has 0 aliphatic carbocycles. The predicted molar refractivity (Wildman–Crippen MR) is 276 cm³/mol. The maximum atomic E-state index is 11.0. The monoisotopic (exact) mass is 927 g/mol. The van der Waals surface area contributed by atoms with Gasteiger partial charge in [0.2, 0.25) is 0 Å². The smallest absolute Gasteiger partial charge is 0.322 e. The summed E-state index contributed by atoms with van der Waals surface area (Å²) in [6.45, 7) is -0.114. The second kappa shape index (κ2) is 20.0.